The summed E-state index contributed by atoms with van der Waals surface area (Å²) in [5.74, 6) is 2.18. The van der Waals surface area contributed by atoms with Crippen molar-refractivity contribution in [3.8, 4) is 5.75 Å². The molecule has 0 unspecified atom stereocenters. The van der Waals surface area contributed by atoms with Crippen molar-refractivity contribution < 1.29 is 13.9 Å². The second kappa shape index (κ2) is 10.9. The molecule has 7 heteroatoms. The van der Waals surface area contributed by atoms with Crippen molar-refractivity contribution in [1.29, 1.82) is 0 Å². The fourth-order valence-corrected chi connectivity index (χ4v) is 3.15. The van der Waals surface area contributed by atoms with Gasteiger partial charge in [0, 0.05) is 32.7 Å². The second-order valence-corrected chi connectivity index (χ2v) is 7.07. The lowest BCUT2D eigenvalue weighted by Gasteiger charge is -2.22. The molecule has 1 aromatic heterocycles. The largest absolute Gasteiger partial charge is 0.497 e. The summed E-state index contributed by atoms with van der Waals surface area (Å²) in [6, 6.07) is 19.1. The minimum atomic E-state index is -0.140. The normalized spacial score (nSPS) is 11.1. The van der Waals surface area contributed by atoms with Crippen molar-refractivity contribution in [3.63, 3.8) is 0 Å². The summed E-state index contributed by atoms with van der Waals surface area (Å²) in [5, 5.41) is 6.22. The quantitative estimate of drug-likeness (QED) is 0.431. The first-order chi connectivity index (χ1) is 15.1. The maximum atomic E-state index is 12.4. The van der Waals surface area contributed by atoms with E-state index in [0.717, 1.165) is 28.6 Å². The zero-order chi connectivity index (χ0) is 22.1. The Bertz CT molecular complexity index is 998. The van der Waals surface area contributed by atoms with Crippen LogP contribution in [0.3, 0.4) is 0 Å². The lowest BCUT2D eigenvalue weighted by Crippen LogP contribution is -2.38. The first kappa shape index (κ1) is 22.0. The van der Waals surface area contributed by atoms with Crippen LogP contribution in [-0.4, -0.2) is 38.0 Å². The number of carbonyl (C=O) groups excluding carboxylic acids is 1. The molecule has 3 aromatic rings. The molecule has 0 aliphatic carbocycles. The van der Waals surface area contributed by atoms with Gasteiger partial charge in [-0.25, -0.2) is 0 Å². The molecule has 0 saturated heterocycles. The third-order valence-corrected chi connectivity index (χ3v) is 4.80. The molecule has 0 spiro atoms. The zero-order valence-electron chi connectivity index (χ0n) is 18.1. The maximum Gasteiger partial charge on any atom is 0.251 e. The van der Waals surface area contributed by atoms with E-state index in [0.29, 0.717) is 25.2 Å². The Morgan fingerprint density at radius 3 is 2.52 bits per heavy atom. The van der Waals surface area contributed by atoms with Crippen LogP contribution in [0.4, 0.5) is 0 Å². The van der Waals surface area contributed by atoms with Gasteiger partial charge >= 0.3 is 0 Å². The summed E-state index contributed by atoms with van der Waals surface area (Å²) >= 11 is 0. The van der Waals surface area contributed by atoms with Crippen molar-refractivity contribution in [1.82, 2.24) is 15.5 Å². The highest BCUT2D eigenvalue weighted by molar-refractivity contribution is 5.94. The van der Waals surface area contributed by atoms with Gasteiger partial charge < -0.3 is 24.7 Å². The standard InChI is InChI=1S/C24H28N4O3/c1-25-24(28(2)17-18-9-11-21(30-3)12-10-18)27-15-19-6-4-7-20(14-19)23(29)26-16-22-8-5-13-31-22/h4-14H,15-17H2,1-3H3,(H,25,27)(H,26,29). The molecule has 3 rings (SSSR count). The van der Waals surface area contributed by atoms with Gasteiger partial charge in [-0.15, -0.1) is 0 Å². The summed E-state index contributed by atoms with van der Waals surface area (Å²) in [6.45, 7) is 1.62. The molecule has 0 radical (unpaired) electrons. The number of rotatable bonds is 8. The van der Waals surface area contributed by atoms with Crippen molar-refractivity contribution in [2.75, 3.05) is 21.2 Å². The van der Waals surface area contributed by atoms with Crippen molar-refractivity contribution in [3.05, 3.63) is 89.4 Å². The summed E-state index contributed by atoms with van der Waals surface area (Å²) < 4.78 is 10.5. The van der Waals surface area contributed by atoms with E-state index in [2.05, 4.69) is 15.6 Å². The molecule has 0 bridgehead atoms. The van der Waals surface area contributed by atoms with Gasteiger partial charge in [-0.3, -0.25) is 9.79 Å². The van der Waals surface area contributed by atoms with Crippen molar-refractivity contribution >= 4 is 11.9 Å². The zero-order valence-corrected chi connectivity index (χ0v) is 18.1. The van der Waals surface area contributed by atoms with Gasteiger partial charge in [0.1, 0.15) is 11.5 Å². The highest BCUT2D eigenvalue weighted by atomic mass is 16.5. The van der Waals surface area contributed by atoms with Crippen molar-refractivity contribution in [2.45, 2.75) is 19.6 Å². The average molecular weight is 421 g/mol. The Morgan fingerprint density at radius 2 is 1.84 bits per heavy atom. The van der Waals surface area contributed by atoms with E-state index in [9.17, 15) is 4.79 Å². The molecule has 2 N–H and O–H groups in total. The SMILES string of the molecule is CN=C(NCc1cccc(C(=O)NCc2ccco2)c1)N(C)Cc1ccc(OC)cc1. The van der Waals surface area contributed by atoms with E-state index in [-0.39, 0.29) is 5.91 Å². The lowest BCUT2D eigenvalue weighted by molar-refractivity contribution is 0.0948. The maximum absolute atomic E-state index is 12.4. The van der Waals surface area contributed by atoms with Crippen LogP contribution in [-0.2, 0) is 19.6 Å². The molecule has 0 aliphatic rings. The van der Waals surface area contributed by atoms with Gasteiger partial charge in [0.15, 0.2) is 5.96 Å². The number of guanidine groups is 1. The number of aliphatic imine (C=N–C) groups is 1. The van der Waals surface area contributed by atoms with E-state index < -0.39 is 0 Å². The molecule has 1 heterocycles. The third-order valence-electron chi connectivity index (χ3n) is 4.80. The monoisotopic (exact) mass is 420 g/mol. The summed E-state index contributed by atoms with van der Waals surface area (Å²) in [5.41, 5.74) is 2.75. The van der Waals surface area contributed by atoms with E-state index in [4.69, 9.17) is 9.15 Å². The van der Waals surface area contributed by atoms with Crippen LogP contribution in [0.5, 0.6) is 5.75 Å². The number of ether oxygens (including phenoxy) is 1. The minimum Gasteiger partial charge on any atom is -0.497 e. The van der Waals surface area contributed by atoms with E-state index in [1.165, 1.54) is 0 Å². The molecule has 7 nitrogen and oxygen atoms in total. The smallest absolute Gasteiger partial charge is 0.251 e. The predicted octanol–water partition coefficient (Wildman–Crippen LogP) is 3.43. The van der Waals surface area contributed by atoms with Crippen LogP contribution in [0.1, 0.15) is 27.2 Å². The van der Waals surface area contributed by atoms with Crippen LogP contribution < -0.4 is 15.4 Å². The number of nitrogens with zero attached hydrogens (tertiary/aromatic N) is 2. The van der Waals surface area contributed by atoms with Crippen LogP contribution in [0.25, 0.3) is 0 Å². The van der Waals surface area contributed by atoms with Crippen LogP contribution >= 0.6 is 0 Å². The summed E-state index contributed by atoms with van der Waals surface area (Å²) in [6.07, 6.45) is 1.59. The van der Waals surface area contributed by atoms with Gasteiger partial charge in [-0.05, 0) is 47.5 Å². The van der Waals surface area contributed by atoms with Crippen LogP contribution in [0.15, 0.2) is 76.3 Å². The van der Waals surface area contributed by atoms with Gasteiger partial charge in [0.2, 0.25) is 0 Å². The third kappa shape index (κ3) is 6.37. The van der Waals surface area contributed by atoms with Gasteiger partial charge in [0.25, 0.3) is 5.91 Å². The second-order valence-electron chi connectivity index (χ2n) is 7.07. The first-order valence-corrected chi connectivity index (χ1v) is 10.0. The number of benzene rings is 2. The molecular weight excluding hydrogens is 392 g/mol. The summed E-state index contributed by atoms with van der Waals surface area (Å²) in [4.78, 5) is 18.8. The van der Waals surface area contributed by atoms with E-state index in [1.54, 1.807) is 32.6 Å². The number of amides is 1. The number of methoxy groups -OCH3 is 1. The number of hydrogen-bond acceptors (Lipinski definition) is 4. The Kier molecular flexibility index (Phi) is 7.70. The molecule has 0 saturated carbocycles. The van der Waals surface area contributed by atoms with Gasteiger partial charge in [-0.1, -0.05) is 24.3 Å². The minimum absolute atomic E-state index is 0.140. The highest BCUT2D eigenvalue weighted by Crippen LogP contribution is 2.13. The molecule has 0 fully saturated rings. The molecule has 1 amide bonds. The molecule has 2 aromatic carbocycles. The Balaban J connectivity index is 1.54. The van der Waals surface area contributed by atoms with Crippen LogP contribution in [0.2, 0.25) is 0 Å². The van der Waals surface area contributed by atoms with E-state index in [1.807, 2.05) is 60.5 Å². The Morgan fingerprint density at radius 1 is 1.03 bits per heavy atom. The number of carbonyl (C=O) groups is 1. The summed E-state index contributed by atoms with van der Waals surface area (Å²) in [7, 11) is 5.40. The number of nitrogens with one attached hydrogen (secondary N) is 2. The molecule has 0 atom stereocenters. The molecule has 0 aliphatic heterocycles. The van der Waals surface area contributed by atoms with Crippen LogP contribution in [0, 0.1) is 0 Å². The molecule has 31 heavy (non-hydrogen) atoms. The molecule has 162 valence electrons. The highest BCUT2D eigenvalue weighted by Gasteiger charge is 2.09. The van der Waals surface area contributed by atoms with Gasteiger partial charge in [-0.2, -0.15) is 0 Å². The molecular formula is C24H28N4O3. The topological polar surface area (TPSA) is 79.1 Å². The Hall–Kier alpha value is -3.74. The lowest BCUT2D eigenvalue weighted by atomic mass is 10.1. The average Bonchev–Trinajstić information content (AvgIpc) is 3.32. The number of hydrogen-bond donors (Lipinski definition) is 2. The van der Waals surface area contributed by atoms with Gasteiger partial charge in [0.05, 0.1) is 19.9 Å². The fourth-order valence-electron chi connectivity index (χ4n) is 3.15. The predicted molar refractivity (Wildman–Crippen MR) is 121 cm³/mol. The van der Waals surface area contributed by atoms with E-state index >= 15 is 0 Å². The Labute approximate surface area is 182 Å². The first-order valence-electron chi connectivity index (χ1n) is 10.0. The fraction of sp³-hybridized carbons (Fsp3) is 0.250. The van der Waals surface area contributed by atoms with Crippen molar-refractivity contribution in [2.24, 2.45) is 4.99 Å². The number of furan rings is 1.